The lowest BCUT2D eigenvalue weighted by Crippen LogP contribution is -2.46. The molecule has 0 aromatic carbocycles. The maximum Gasteiger partial charge on any atom is 0.317 e. The van der Waals surface area contributed by atoms with Crippen molar-refractivity contribution in [2.45, 2.75) is 37.8 Å². The summed E-state index contributed by atoms with van der Waals surface area (Å²) in [6.07, 6.45) is 4.75. The van der Waals surface area contributed by atoms with E-state index < -0.39 is 0 Å². The molecule has 80 valence electrons. The molecule has 1 unspecified atom stereocenters. The quantitative estimate of drug-likeness (QED) is 0.718. The van der Waals surface area contributed by atoms with Crippen molar-refractivity contribution in [2.24, 2.45) is 0 Å². The molecule has 1 atom stereocenters. The number of urea groups is 1. The molecule has 0 spiro atoms. The normalized spacial score (nSPS) is 27.5. The summed E-state index contributed by atoms with van der Waals surface area (Å²) in [5.74, 6) is 0. The summed E-state index contributed by atoms with van der Waals surface area (Å²) in [4.78, 5) is 13.5. The highest BCUT2D eigenvalue weighted by atomic mass is 16.5. The van der Waals surface area contributed by atoms with E-state index in [2.05, 4.69) is 5.32 Å². The minimum absolute atomic E-state index is 0.0919. The van der Waals surface area contributed by atoms with E-state index in [0.29, 0.717) is 6.04 Å². The van der Waals surface area contributed by atoms with Crippen LogP contribution in [0.5, 0.6) is 0 Å². The molecular weight excluding hydrogens is 180 g/mol. The molecule has 1 saturated carbocycles. The molecule has 0 aromatic heterocycles. The lowest BCUT2D eigenvalue weighted by Gasteiger charge is -2.28. The monoisotopic (exact) mass is 198 g/mol. The van der Waals surface area contributed by atoms with Crippen LogP contribution in [0.15, 0.2) is 0 Å². The van der Waals surface area contributed by atoms with Crippen LogP contribution in [-0.4, -0.2) is 43.3 Å². The first-order valence-electron chi connectivity index (χ1n) is 5.38. The molecule has 1 saturated heterocycles. The lowest BCUT2D eigenvalue weighted by atomic mass is 9.93. The van der Waals surface area contributed by atoms with Crippen molar-refractivity contribution < 1.29 is 9.53 Å². The Morgan fingerprint density at radius 2 is 2.21 bits per heavy atom. The van der Waals surface area contributed by atoms with Crippen molar-refractivity contribution in [3.05, 3.63) is 0 Å². The molecule has 4 heteroatoms. The van der Waals surface area contributed by atoms with Gasteiger partial charge in [0.1, 0.15) is 0 Å². The number of methoxy groups -OCH3 is 1. The van der Waals surface area contributed by atoms with Crippen LogP contribution in [0, 0.1) is 0 Å². The van der Waals surface area contributed by atoms with Gasteiger partial charge in [-0.3, -0.25) is 0 Å². The molecule has 2 fully saturated rings. The smallest absolute Gasteiger partial charge is 0.317 e. The van der Waals surface area contributed by atoms with Gasteiger partial charge in [0.15, 0.2) is 0 Å². The maximum atomic E-state index is 11.7. The van der Waals surface area contributed by atoms with Gasteiger partial charge in [-0.2, -0.15) is 0 Å². The number of ether oxygens (including phenoxy) is 1. The topological polar surface area (TPSA) is 41.6 Å². The molecule has 2 aliphatic rings. The third kappa shape index (κ3) is 2.00. The van der Waals surface area contributed by atoms with Gasteiger partial charge in [-0.25, -0.2) is 4.79 Å². The van der Waals surface area contributed by atoms with Crippen molar-refractivity contribution in [2.75, 3.05) is 20.2 Å². The Morgan fingerprint density at radius 3 is 2.71 bits per heavy atom. The van der Waals surface area contributed by atoms with Crippen LogP contribution in [0.3, 0.4) is 0 Å². The fourth-order valence-corrected chi connectivity index (χ4v) is 1.92. The van der Waals surface area contributed by atoms with Gasteiger partial charge in [-0.05, 0) is 25.7 Å². The Kier molecular flexibility index (Phi) is 2.91. The summed E-state index contributed by atoms with van der Waals surface area (Å²) >= 11 is 0. The zero-order chi connectivity index (χ0) is 9.97. The molecule has 2 amide bonds. The number of nitrogens with one attached hydrogen (secondary N) is 1. The number of nitrogens with zero attached hydrogens (tertiary/aromatic N) is 1. The van der Waals surface area contributed by atoms with E-state index in [4.69, 9.17) is 4.74 Å². The van der Waals surface area contributed by atoms with Gasteiger partial charge in [-0.1, -0.05) is 0 Å². The van der Waals surface area contributed by atoms with Crippen LogP contribution in [0.4, 0.5) is 4.79 Å². The van der Waals surface area contributed by atoms with Crippen molar-refractivity contribution >= 4 is 6.03 Å². The van der Waals surface area contributed by atoms with Gasteiger partial charge >= 0.3 is 6.03 Å². The summed E-state index contributed by atoms with van der Waals surface area (Å²) < 4.78 is 5.22. The average molecular weight is 198 g/mol. The molecule has 1 heterocycles. The minimum Gasteiger partial charge on any atom is -0.380 e. The molecule has 4 nitrogen and oxygen atoms in total. The number of rotatable bonds is 2. The summed E-state index contributed by atoms with van der Waals surface area (Å²) in [5, 5.41) is 3.03. The highest BCUT2D eigenvalue weighted by Crippen LogP contribution is 2.19. The van der Waals surface area contributed by atoms with Crippen LogP contribution in [0.1, 0.15) is 25.7 Å². The van der Waals surface area contributed by atoms with Crippen LogP contribution in [0.25, 0.3) is 0 Å². The number of hydrogen-bond donors (Lipinski definition) is 1. The van der Waals surface area contributed by atoms with Crippen molar-refractivity contribution in [3.63, 3.8) is 0 Å². The fraction of sp³-hybridized carbons (Fsp3) is 0.900. The number of likely N-dealkylation sites (tertiary alicyclic amines) is 1. The number of carbonyl (C=O) groups excluding carboxylic acids is 1. The predicted molar refractivity (Wildman–Crippen MR) is 53.2 cm³/mol. The number of amides is 2. The van der Waals surface area contributed by atoms with Gasteiger partial charge in [0.25, 0.3) is 0 Å². The fourth-order valence-electron chi connectivity index (χ4n) is 1.92. The summed E-state index contributed by atoms with van der Waals surface area (Å²) in [6, 6.07) is 0.526. The second kappa shape index (κ2) is 4.17. The summed E-state index contributed by atoms with van der Waals surface area (Å²) in [5.41, 5.74) is 0. The zero-order valence-electron chi connectivity index (χ0n) is 8.66. The van der Waals surface area contributed by atoms with E-state index in [1.165, 1.54) is 6.42 Å². The summed E-state index contributed by atoms with van der Waals surface area (Å²) in [7, 11) is 1.71. The van der Waals surface area contributed by atoms with Crippen molar-refractivity contribution in [3.8, 4) is 0 Å². The molecule has 14 heavy (non-hydrogen) atoms. The molecule has 2 rings (SSSR count). The van der Waals surface area contributed by atoms with E-state index in [1.54, 1.807) is 7.11 Å². The van der Waals surface area contributed by atoms with E-state index in [1.807, 2.05) is 4.90 Å². The first kappa shape index (κ1) is 9.77. The predicted octanol–water partition coefficient (Wildman–Crippen LogP) is 0.969. The van der Waals surface area contributed by atoms with Gasteiger partial charge in [0.2, 0.25) is 0 Å². The Hall–Kier alpha value is -0.770. The van der Waals surface area contributed by atoms with E-state index in [9.17, 15) is 4.79 Å². The molecule has 1 aliphatic carbocycles. The largest absolute Gasteiger partial charge is 0.380 e. The Bertz CT molecular complexity index is 216. The molecule has 1 aliphatic heterocycles. The van der Waals surface area contributed by atoms with E-state index >= 15 is 0 Å². The average Bonchev–Trinajstić information content (AvgIpc) is 2.59. The second-order valence-electron chi connectivity index (χ2n) is 4.17. The molecule has 0 radical (unpaired) electrons. The Labute approximate surface area is 84.6 Å². The zero-order valence-corrected chi connectivity index (χ0v) is 8.66. The summed E-state index contributed by atoms with van der Waals surface area (Å²) in [6.45, 7) is 1.58. The Morgan fingerprint density at radius 1 is 1.43 bits per heavy atom. The molecule has 0 aromatic rings. The van der Waals surface area contributed by atoms with Crippen LogP contribution < -0.4 is 5.32 Å². The van der Waals surface area contributed by atoms with Gasteiger partial charge in [0.05, 0.1) is 6.10 Å². The van der Waals surface area contributed by atoms with Gasteiger partial charge < -0.3 is 15.0 Å². The SMILES string of the molecule is COC1CCN(C(=O)NC2CCC2)C1. The van der Waals surface area contributed by atoms with Gasteiger partial charge in [-0.15, -0.1) is 0 Å². The first-order chi connectivity index (χ1) is 6.79. The number of hydrogen-bond acceptors (Lipinski definition) is 2. The van der Waals surface area contributed by atoms with Gasteiger partial charge in [0, 0.05) is 26.2 Å². The van der Waals surface area contributed by atoms with Crippen LogP contribution in [0.2, 0.25) is 0 Å². The van der Waals surface area contributed by atoms with Crippen LogP contribution in [-0.2, 0) is 4.74 Å². The lowest BCUT2D eigenvalue weighted by molar-refractivity contribution is 0.109. The van der Waals surface area contributed by atoms with Crippen molar-refractivity contribution in [1.29, 1.82) is 0 Å². The second-order valence-corrected chi connectivity index (χ2v) is 4.17. The number of carbonyl (C=O) groups is 1. The van der Waals surface area contributed by atoms with E-state index in [-0.39, 0.29) is 12.1 Å². The Balaban J connectivity index is 1.74. The minimum atomic E-state index is 0.0919. The standard InChI is InChI=1S/C10H18N2O2/c1-14-9-5-6-12(7-9)10(13)11-8-3-2-4-8/h8-9H,2-7H2,1H3,(H,11,13). The first-order valence-corrected chi connectivity index (χ1v) is 5.38. The molecule has 1 N–H and O–H groups in total. The highest BCUT2D eigenvalue weighted by Gasteiger charge is 2.28. The molecular formula is C10H18N2O2. The third-order valence-corrected chi connectivity index (χ3v) is 3.20. The maximum absolute atomic E-state index is 11.7. The molecule has 0 bridgehead atoms. The third-order valence-electron chi connectivity index (χ3n) is 3.20. The highest BCUT2D eigenvalue weighted by molar-refractivity contribution is 5.75. The van der Waals surface area contributed by atoms with Crippen LogP contribution >= 0.6 is 0 Å². The van der Waals surface area contributed by atoms with Crippen molar-refractivity contribution in [1.82, 2.24) is 10.2 Å². The van der Waals surface area contributed by atoms with E-state index in [0.717, 1.165) is 32.4 Å².